The summed E-state index contributed by atoms with van der Waals surface area (Å²) in [5.41, 5.74) is 3.25. The number of nitrogens with zero attached hydrogens (tertiary/aromatic N) is 1. The van der Waals surface area contributed by atoms with Gasteiger partial charge in [-0.1, -0.05) is 78.9 Å². The quantitative estimate of drug-likeness (QED) is 0.560. The molecule has 1 atom stereocenters. The fraction of sp³-hybridized carbons (Fsp3) is 0.280. The van der Waals surface area contributed by atoms with Crippen LogP contribution in [0.25, 0.3) is 0 Å². The molecule has 0 radical (unpaired) electrons. The summed E-state index contributed by atoms with van der Waals surface area (Å²) in [6.45, 7) is 1.46. The summed E-state index contributed by atoms with van der Waals surface area (Å²) in [6, 6.07) is 28.2. The van der Waals surface area contributed by atoms with Gasteiger partial charge >= 0.3 is 0 Å². The molecular formula is C25H29NO3. The Labute approximate surface area is 173 Å². The lowest BCUT2D eigenvalue weighted by Gasteiger charge is -2.24. The van der Waals surface area contributed by atoms with Gasteiger partial charge in [0.25, 0.3) is 0 Å². The van der Waals surface area contributed by atoms with Gasteiger partial charge in [0, 0.05) is 18.7 Å². The molecule has 3 rings (SSSR count). The van der Waals surface area contributed by atoms with Crippen LogP contribution in [0.4, 0.5) is 0 Å². The topological polar surface area (TPSA) is 41.9 Å². The number of ether oxygens (including phenoxy) is 2. The Morgan fingerprint density at radius 2 is 1.38 bits per heavy atom. The first-order chi connectivity index (χ1) is 14.2. The maximum Gasteiger partial charge on any atom is 0.123 e. The van der Waals surface area contributed by atoms with Crippen LogP contribution < -0.4 is 4.74 Å². The molecule has 0 aliphatic rings. The first kappa shape index (κ1) is 21.1. The summed E-state index contributed by atoms with van der Waals surface area (Å²) < 4.78 is 11.6. The van der Waals surface area contributed by atoms with Gasteiger partial charge in [-0.3, -0.25) is 4.90 Å². The Morgan fingerprint density at radius 1 is 0.828 bits per heavy atom. The molecule has 0 fully saturated rings. The Kier molecular flexibility index (Phi) is 7.82. The summed E-state index contributed by atoms with van der Waals surface area (Å²) in [6.07, 6.45) is -0.795. The monoisotopic (exact) mass is 391 g/mol. The molecule has 0 heterocycles. The minimum Gasteiger partial charge on any atom is -0.496 e. The summed E-state index contributed by atoms with van der Waals surface area (Å²) in [5, 5.41) is 10.6. The van der Waals surface area contributed by atoms with E-state index in [1.54, 1.807) is 7.11 Å². The van der Waals surface area contributed by atoms with Crippen molar-refractivity contribution < 1.29 is 14.6 Å². The van der Waals surface area contributed by atoms with E-state index in [9.17, 15) is 5.11 Å². The van der Waals surface area contributed by atoms with Crippen LogP contribution in [0.1, 0.15) is 22.8 Å². The smallest absolute Gasteiger partial charge is 0.123 e. The Morgan fingerprint density at radius 3 is 1.97 bits per heavy atom. The Bertz CT molecular complexity index is 815. The van der Waals surface area contributed by atoms with Gasteiger partial charge in [-0.15, -0.1) is 0 Å². The van der Waals surface area contributed by atoms with Crippen LogP contribution in [0.5, 0.6) is 5.75 Å². The lowest BCUT2D eigenvalue weighted by atomic mass is 10.0. The molecule has 0 aliphatic heterocycles. The number of aliphatic hydroxyl groups is 1. The minimum atomic E-state index is -0.593. The molecule has 3 aromatic carbocycles. The van der Waals surface area contributed by atoms with Crippen molar-refractivity contribution in [3.63, 3.8) is 0 Å². The molecule has 0 saturated heterocycles. The Hall–Kier alpha value is -2.66. The van der Waals surface area contributed by atoms with Gasteiger partial charge in [-0.25, -0.2) is 0 Å². The van der Waals surface area contributed by atoms with E-state index in [1.807, 2.05) is 67.7 Å². The van der Waals surface area contributed by atoms with E-state index in [0.717, 1.165) is 22.4 Å². The number of aliphatic hydroxyl groups excluding tert-OH is 1. The maximum atomic E-state index is 10.6. The standard InChI is InChI=1S/C25H29NO3/c1-26(17-22-15-9-10-16-24(22)28-2)18-23(27)19-29-25(20-11-5-3-6-12-20)21-13-7-4-8-14-21/h3-16,23,25,27H,17-19H2,1-2H3/t23-/m0/s1. The first-order valence-electron chi connectivity index (χ1n) is 9.87. The molecule has 0 aromatic heterocycles. The van der Waals surface area contributed by atoms with Crippen molar-refractivity contribution in [2.24, 2.45) is 0 Å². The molecule has 4 heteroatoms. The molecule has 1 N–H and O–H groups in total. The van der Waals surface area contributed by atoms with Crippen molar-refractivity contribution >= 4 is 0 Å². The average molecular weight is 392 g/mol. The normalized spacial score (nSPS) is 12.3. The van der Waals surface area contributed by atoms with Crippen molar-refractivity contribution in [1.29, 1.82) is 0 Å². The zero-order chi connectivity index (χ0) is 20.5. The molecule has 0 spiro atoms. The first-order valence-corrected chi connectivity index (χ1v) is 9.87. The van der Waals surface area contributed by atoms with E-state index in [1.165, 1.54) is 0 Å². The van der Waals surface area contributed by atoms with Gasteiger partial charge in [0.1, 0.15) is 11.9 Å². The van der Waals surface area contributed by atoms with Crippen molar-refractivity contribution in [3.8, 4) is 5.75 Å². The SMILES string of the molecule is COc1ccccc1CN(C)C[C@H](O)COC(c1ccccc1)c1ccccc1. The van der Waals surface area contributed by atoms with Crippen LogP contribution >= 0.6 is 0 Å². The fourth-order valence-electron chi connectivity index (χ4n) is 3.45. The molecule has 0 unspecified atom stereocenters. The third kappa shape index (κ3) is 6.16. The van der Waals surface area contributed by atoms with Gasteiger partial charge in [0.15, 0.2) is 0 Å². The third-order valence-electron chi connectivity index (χ3n) is 4.82. The van der Waals surface area contributed by atoms with Crippen LogP contribution in [-0.4, -0.2) is 43.4 Å². The van der Waals surface area contributed by atoms with Gasteiger partial charge in [-0.05, 0) is 24.2 Å². The molecule has 0 saturated carbocycles. The second kappa shape index (κ2) is 10.8. The highest BCUT2D eigenvalue weighted by molar-refractivity contribution is 5.33. The van der Waals surface area contributed by atoms with E-state index in [-0.39, 0.29) is 12.7 Å². The third-order valence-corrected chi connectivity index (χ3v) is 4.82. The zero-order valence-electron chi connectivity index (χ0n) is 17.1. The predicted octanol–water partition coefficient (Wildman–Crippen LogP) is 4.29. The molecule has 0 bridgehead atoms. The van der Waals surface area contributed by atoms with Crippen LogP contribution in [0.3, 0.4) is 0 Å². The highest BCUT2D eigenvalue weighted by Gasteiger charge is 2.17. The van der Waals surface area contributed by atoms with Gasteiger partial charge in [0.2, 0.25) is 0 Å². The number of methoxy groups -OCH3 is 1. The molecule has 4 nitrogen and oxygen atoms in total. The van der Waals surface area contributed by atoms with Gasteiger partial charge in [0.05, 0.1) is 19.8 Å². The number of hydrogen-bond donors (Lipinski definition) is 1. The number of para-hydroxylation sites is 1. The number of benzene rings is 3. The second-order valence-electron chi connectivity index (χ2n) is 7.20. The molecule has 0 aliphatic carbocycles. The average Bonchev–Trinajstić information content (AvgIpc) is 2.75. The largest absolute Gasteiger partial charge is 0.496 e. The van der Waals surface area contributed by atoms with Gasteiger partial charge < -0.3 is 14.6 Å². The lowest BCUT2D eigenvalue weighted by molar-refractivity contribution is -0.00631. The van der Waals surface area contributed by atoms with Crippen LogP contribution in [0, 0.1) is 0 Å². The van der Waals surface area contributed by atoms with E-state index < -0.39 is 6.10 Å². The number of rotatable bonds is 10. The predicted molar refractivity (Wildman–Crippen MR) is 116 cm³/mol. The molecule has 29 heavy (non-hydrogen) atoms. The number of likely N-dealkylation sites (N-methyl/N-ethyl adjacent to an activating group) is 1. The van der Waals surface area contributed by atoms with Crippen molar-refractivity contribution in [3.05, 3.63) is 102 Å². The van der Waals surface area contributed by atoms with Crippen LogP contribution in [0.2, 0.25) is 0 Å². The highest BCUT2D eigenvalue weighted by Crippen LogP contribution is 2.26. The summed E-state index contributed by atoms with van der Waals surface area (Å²) in [4.78, 5) is 2.08. The summed E-state index contributed by atoms with van der Waals surface area (Å²) in [5.74, 6) is 0.860. The maximum absolute atomic E-state index is 10.6. The second-order valence-corrected chi connectivity index (χ2v) is 7.20. The van der Waals surface area contributed by atoms with Crippen molar-refractivity contribution in [1.82, 2.24) is 4.90 Å². The molecular weight excluding hydrogens is 362 g/mol. The van der Waals surface area contributed by atoms with Crippen LogP contribution in [-0.2, 0) is 11.3 Å². The molecule has 152 valence electrons. The van der Waals surface area contributed by atoms with Gasteiger partial charge in [-0.2, -0.15) is 0 Å². The summed E-state index contributed by atoms with van der Waals surface area (Å²) >= 11 is 0. The highest BCUT2D eigenvalue weighted by atomic mass is 16.5. The fourth-order valence-corrected chi connectivity index (χ4v) is 3.45. The lowest BCUT2D eigenvalue weighted by Crippen LogP contribution is -2.32. The Balaban J connectivity index is 1.59. The molecule has 0 amide bonds. The van der Waals surface area contributed by atoms with E-state index in [0.29, 0.717) is 13.1 Å². The van der Waals surface area contributed by atoms with Crippen molar-refractivity contribution in [2.75, 3.05) is 27.3 Å². The van der Waals surface area contributed by atoms with E-state index in [4.69, 9.17) is 9.47 Å². The molecule has 3 aromatic rings. The van der Waals surface area contributed by atoms with E-state index >= 15 is 0 Å². The van der Waals surface area contributed by atoms with Crippen molar-refractivity contribution in [2.45, 2.75) is 18.8 Å². The van der Waals surface area contributed by atoms with E-state index in [2.05, 4.69) is 29.2 Å². The minimum absolute atomic E-state index is 0.202. The summed E-state index contributed by atoms with van der Waals surface area (Å²) in [7, 11) is 3.66. The zero-order valence-corrected chi connectivity index (χ0v) is 17.1. The van der Waals surface area contributed by atoms with Crippen LogP contribution in [0.15, 0.2) is 84.9 Å². The number of hydrogen-bond acceptors (Lipinski definition) is 4.